The Morgan fingerprint density at radius 1 is 1.59 bits per heavy atom. The first-order valence-electron chi connectivity index (χ1n) is 5.11. The summed E-state index contributed by atoms with van der Waals surface area (Å²) in [7, 11) is 0. The van der Waals surface area contributed by atoms with Crippen LogP contribution >= 0.6 is 11.6 Å². The van der Waals surface area contributed by atoms with Crippen LogP contribution in [0.4, 0.5) is 4.39 Å². The van der Waals surface area contributed by atoms with Crippen molar-refractivity contribution in [3.05, 3.63) is 47.3 Å². The first-order valence-corrected chi connectivity index (χ1v) is 5.49. The number of halogens is 2. The zero-order valence-electron chi connectivity index (χ0n) is 9.33. The fraction of sp³-hybridized carbons (Fsp3) is 0.250. The summed E-state index contributed by atoms with van der Waals surface area (Å²) >= 11 is 5.89. The van der Waals surface area contributed by atoms with E-state index in [-0.39, 0.29) is 24.6 Å². The molecule has 5 heteroatoms. The van der Waals surface area contributed by atoms with Crippen LogP contribution in [0.5, 0.6) is 0 Å². The molecule has 0 saturated carbocycles. The van der Waals surface area contributed by atoms with Crippen molar-refractivity contribution in [1.29, 1.82) is 0 Å². The Hall–Kier alpha value is -1.39. The minimum Gasteiger partial charge on any atom is -0.333 e. The van der Waals surface area contributed by atoms with Crippen molar-refractivity contribution in [2.45, 2.75) is 6.54 Å². The van der Waals surface area contributed by atoms with Crippen LogP contribution in [0, 0.1) is 5.82 Å². The monoisotopic (exact) mass is 256 g/mol. The average Bonchev–Trinajstić information content (AvgIpc) is 2.31. The zero-order chi connectivity index (χ0) is 12.8. The van der Waals surface area contributed by atoms with E-state index in [0.717, 1.165) is 0 Å². The molecule has 1 aromatic carbocycles. The maximum absolute atomic E-state index is 13.5. The van der Waals surface area contributed by atoms with Crippen LogP contribution in [0.15, 0.2) is 30.9 Å². The van der Waals surface area contributed by atoms with Crippen LogP contribution in [0.2, 0.25) is 5.02 Å². The summed E-state index contributed by atoms with van der Waals surface area (Å²) in [4.78, 5) is 12.9. The number of hydrogen-bond acceptors (Lipinski definition) is 2. The summed E-state index contributed by atoms with van der Waals surface area (Å²) in [5.41, 5.74) is 5.57. The summed E-state index contributed by atoms with van der Waals surface area (Å²) in [5.74, 6) is -0.708. The Kier molecular flexibility index (Phi) is 5.12. The van der Waals surface area contributed by atoms with E-state index >= 15 is 0 Å². The Morgan fingerprint density at radius 3 is 2.82 bits per heavy atom. The number of hydrogen-bond donors (Lipinski definition) is 1. The maximum atomic E-state index is 13.5. The lowest BCUT2D eigenvalue weighted by molar-refractivity contribution is -0.129. The molecule has 0 aliphatic heterocycles. The molecule has 1 amide bonds. The van der Waals surface area contributed by atoms with E-state index in [0.29, 0.717) is 11.6 Å². The minimum atomic E-state index is -0.434. The molecule has 0 saturated heterocycles. The summed E-state index contributed by atoms with van der Waals surface area (Å²) < 4.78 is 13.5. The quantitative estimate of drug-likeness (QED) is 0.819. The van der Waals surface area contributed by atoms with Gasteiger partial charge >= 0.3 is 0 Å². The van der Waals surface area contributed by atoms with E-state index < -0.39 is 5.82 Å². The van der Waals surface area contributed by atoms with Crippen LogP contribution < -0.4 is 5.73 Å². The van der Waals surface area contributed by atoms with E-state index in [1.807, 2.05) is 0 Å². The third-order valence-corrected chi connectivity index (χ3v) is 2.64. The fourth-order valence-corrected chi connectivity index (χ4v) is 1.64. The number of rotatable bonds is 5. The van der Waals surface area contributed by atoms with Gasteiger partial charge in [0.25, 0.3) is 0 Å². The first kappa shape index (κ1) is 13.7. The Bertz CT molecular complexity index is 403. The van der Waals surface area contributed by atoms with Gasteiger partial charge in [0.05, 0.1) is 13.1 Å². The van der Waals surface area contributed by atoms with Gasteiger partial charge in [0, 0.05) is 17.1 Å². The molecule has 2 N–H and O–H groups in total. The highest BCUT2D eigenvalue weighted by Gasteiger charge is 2.15. The Labute approximate surface area is 105 Å². The molecule has 0 fully saturated rings. The molecule has 0 aromatic heterocycles. The molecule has 3 nitrogen and oxygen atoms in total. The molecule has 0 unspecified atom stereocenters. The van der Waals surface area contributed by atoms with Crippen LogP contribution in [-0.4, -0.2) is 23.9 Å². The van der Waals surface area contributed by atoms with Gasteiger partial charge in [-0.05, 0) is 12.1 Å². The summed E-state index contributed by atoms with van der Waals surface area (Å²) in [6.07, 6.45) is 1.56. The van der Waals surface area contributed by atoms with Gasteiger partial charge in [-0.3, -0.25) is 4.79 Å². The van der Waals surface area contributed by atoms with Gasteiger partial charge in [-0.2, -0.15) is 0 Å². The number of benzene rings is 1. The lowest BCUT2D eigenvalue weighted by Crippen LogP contribution is -2.35. The highest BCUT2D eigenvalue weighted by atomic mass is 35.5. The lowest BCUT2D eigenvalue weighted by atomic mass is 10.2. The molecule has 0 aliphatic carbocycles. The minimum absolute atomic E-state index is 0.0908. The Balaban J connectivity index is 2.93. The fourth-order valence-electron chi connectivity index (χ4n) is 1.41. The average molecular weight is 257 g/mol. The van der Waals surface area contributed by atoms with Gasteiger partial charge in [0.1, 0.15) is 5.82 Å². The molecular weight excluding hydrogens is 243 g/mol. The molecule has 0 spiro atoms. The zero-order valence-corrected chi connectivity index (χ0v) is 10.1. The molecule has 0 heterocycles. The second-order valence-electron chi connectivity index (χ2n) is 3.47. The van der Waals surface area contributed by atoms with Crippen molar-refractivity contribution in [3.8, 4) is 0 Å². The predicted molar refractivity (Wildman–Crippen MR) is 66.1 cm³/mol. The smallest absolute Gasteiger partial charge is 0.236 e. The van der Waals surface area contributed by atoms with Crippen molar-refractivity contribution < 1.29 is 9.18 Å². The molecule has 17 heavy (non-hydrogen) atoms. The van der Waals surface area contributed by atoms with E-state index in [1.165, 1.54) is 17.0 Å². The number of amides is 1. The van der Waals surface area contributed by atoms with E-state index in [1.54, 1.807) is 12.1 Å². The van der Waals surface area contributed by atoms with Gasteiger partial charge in [-0.1, -0.05) is 23.7 Å². The molecule has 92 valence electrons. The van der Waals surface area contributed by atoms with Crippen LogP contribution in [0.25, 0.3) is 0 Å². The van der Waals surface area contributed by atoms with Crippen LogP contribution in [0.3, 0.4) is 0 Å². The normalized spacial score (nSPS) is 10.1. The second kappa shape index (κ2) is 6.37. The predicted octanol–water partition coefficient (Wildman–Crippen LogP) is 1.95. The third kappa shape index (κ3) is 3.54. The summed E-state index contributed by atoms with van der Waals surface area (Å²) in [5, 5.41) is 0.295. The largest absolute Gasteiger partial charge is 0.333 e. The van der Waals surface area contributed by atoms with Crippen molar-refractivity contribution >= 4 is 17.5 Å². The van der Waals surface area contributed by atoms with E-state index in [9.17, 15) is 9.18 Å². The van der Waals surface area contributed by atoms with E-state index in [2.05, 4.69) is 6.58 Å². The molecule has 0 bridgehead atoms. The van der Waals surface area contributed by atoms with Gasteiger partial charge in [0.2, 0.25) is 5.91 Å². The van der Waals surface area contributed by atoms with Crippen molar-refractivity contribution in [2.24, 2.45) is 5.73 Å². The van der Waals surface area contributed by atoms with E-state index in [4.69, 9.17) is 17.3 Å². The number of carbonyl (C=O) groups excluding carboxylic acids is 1. The van der Waals surface area contributed by atoms with Gasteiger partial charge in [-0.15, -0.1) is 6.58 Å². The molecular formula is C12H14ClFN2O. The second-order valence-corrected chi connectivity index (χ2v) is 3.87. The van der Waals surface area contributed by atoms with Crippen LogP contribution in [0.1, 0.15) is 5.56 Å². The molecule has 1 aromatic rings. The standard InChI is InChI=1S/C12H14ClFN2O/c1-2-6-16(12(17)7-15)8-9-10(13)4-3-5-11(9)14/h2-5H,1,6-8,15H2. The van der Waals surface area contributed by atoms with Gasteiger partial charge < -0.3 is 10.6 Å². The number of carbonyl (C=O) groups is 1. The molecule has 0 atom stereocenters. The third-order valence-electron chi connectivity index (χ3n) is 2.29. The molecule has 0 radical (unpaired) electrons. The van der Waals surface area contributed by atoms with Crippen molar-refractivity contribution in [1.82, 2.24) is 4.90 Å². The molecule has 1 rings (SSSR count). The SMILES string of the molecule is C=CCN(Cc1c(F)cccc1Cl)C(=O)CN. The first-order chi connectivity index (χ1) is 8.10. The lowest BCUT2D eigenvalue weighted by Gasteiger charge is -2.21. The summed E-state index contributed by atoms with van der Waals surface area (Å²) in [6, 6.07) is 4.41. The number of nitrogens with two attached hydrogens (primary N) is 1. The van der Waals surface area contributed by atoms with Crippen molar-refractivity contribution in [2.75, 3.05) is 13.1 Å². The van der Waals surface area contributed by atoms with Gasteiger partial charge in [-0.25, -0.2) is 4.39 Å². The Morgan fingerprint density at radius 2 is 2.29 bits per heavy atom. The topological polar surface area (TPSA) is 46.3 Å². The highest BCUT2D eigenvalue weighted by molar-refractivity contribution is 6.31. The summed E-state index contributed by atoms with van der Waals surface area (Å²) in [6.45, 7) is 3.81. The van der Waals surface area contributed by atoms with Crippen molar-refractivity contribution in [3.63, 3.8) is 0 Å². The van der Waals surface area contributed by atoms with Gasteiger partial charge in [0.15, 0.2) is 0 Å². The maximum Gasteiger partial charge on any atom is 0.236 e. The molecule has 0 aliphatic rings. The van der Waals surface area contributed by atoms with Crippen LogP contribution in [-0.2, 0) is 11.3 Å². The highest BCUT2D eigenvalue weighted by Crippen LogP contribution is 2.20. The number of nitrogens with zero attached hydrogens (tertiary/aromatic N) is 1.